The summed E-state index contributed by atoms with van der Waals surface area (Å²) < 4.78 is 17.6. The number of methoxy groups -OCH3 is 1. The van der Waals surface area contributed by atoms with Crippen molar-refractivity contribution in [1.29, 1.82) is 0 Å². The molecule has 0 heterocycles. The van der Waals surface area contributed by atoms with Crippen molar-refractivity contribution in [3.05, 3.63) is 34.6 Å². The smallest absolute Gasteiger partial charge is 0.325 e. The summed E-state index contributed by atoms with van der Waals surface area (Å²) in [5, 5.41) is -0.132. The fourth-order valence-corrected chi connectivity index (χ4v) is 1.67. The highest BCUT2D eigenvalue weighted by Crippen LogP contribution is 2.18. The number of rotatable bonds is 4. The van der Waals surface area contributed by atoms with Crippen LogP contribution in [0.5, 0.6) is 0 Å². The predicted octanol–water partition coefficient (Wildman–Crippen LogP) is 2.50. The largest absolute Gasteiger partial charge is 0.468 e. The number of hydrogen-bond acceptors (Lipinski definition) is 3. The molecule has 6 heteroatoms. The maximum absolute atomic E-state index is 13.1. The van der Waals surface area contributed by atoms with Gasteiger partial charge >= 0.3 is 5.97 Å². The second-order valence-electron chi connectivity index (χ2n) is 4.23. The van der Waals surface area contributed by atoms with Gasteiger partial charge in [0.05, 0.1) is 12.1 Å². The van der Waals surface area contributed by atoms with Gasteiger partial charge in [0.25, 0.3) is 5.91 Å². The van der Waals surface area contributed by atoms with E-state index in [1.165, 1.54) is 24.1 Å². The highest BCUT2D eigenvalue weighted by molar-refractivity contribution is 6.31. The number of benzene rings is 1. The number of halogens is 2. The van der Waals surface area contributed by atoms with Crippen molar-refractivity contribution in [2.75, 3.05) is 13.7 Å². The number of hydrogen-bond donors (Lipinski definition) is 0. The second-order valence-corrected chi connectivity index (χ2v) is 4.64. The first-order valence-electron chi connectivity index (χ1n) is 5.69. The normalized spacial score (nSPS) is 10.4. The third kappa shape index (κ3) is 3.92. The first kappa shape index (κ1) is 15.4. The molecular weight excluding hydrogens is 273 g/mol. The lowest BCUT2D eigenvalue weighted by Gasteiger charge is -2.25. The van der Waals surface area contributed by atoms with Gasteiger partial charge in [0.2, 0.25) is 0 Å². The molecule has 0 N–H and O–H groups in total. The number of ether oxygens (including phenoxy) is 1. The molecule has 0 aromatic heterocycles. The molecule has 0 aliphatic carbocycles. The third-order valence-corrected chi connectivity index (χ3v) is 2.87. The average molecular weight is 288 g/mol. The highest BCUT2D eigenvalue weighted by atomic mass is 35.5. The Morgan fingerprint density at radius 1 is 1.42 bits per heavy atom. The van der Waals surface area contributed by atoms with Gasteiger partial charge in [-0.05, 0) is 32.0 Å². The zero-order valence-corrected chi connectivity index (χ0v) is 11.7. The van der Waals surface area contributed by atoms with E-state index in [2.05, 4.69) is 4.74 Å². The van der Waals surface area contributed by atoms with Crippen LogP contribution in [0.4, 0.5) is 4.39 Å². The van der Waals surface area contributed by atoms with E-state index in [9.17, 15) is 14.0 Å². The summed E-state index contributed by atoms with van der Waals surface area (Å²) in [6, 6.07) is 3.49. The van der Waals surface area contributed by atoms with Gasteiger partial charge in [-0.3, -0.25) is 9.59 Å². The van der Waals surface area contributed by atoms with E-state index in [1.807, 2.05) is 0 Å². The molecule has 0 aliphatic rings. The van der Waals surface area contributed by atoms with Gasteiger partial charge in [-0.2, -0.15) is 0 Å². The highest BCUT2D eigenvalue weighted by Gasteiger charge is 2.22. The Morgan fingerprint density at radius 3 is 2.53 bits per heavy atom. The van der Waals surface area contributed by atoms with Crippen LogP contribution in [0.2, 0.25) is 5.02 Å². The average Bonchev–Trinajstić information content (AvgIpc) is 2.37. The van der Waals surface area contributed by atoms with Crippen LogP contribution in [0.3, 0.4) is 0 Å². The molecule has 0 saturated carbocycles. The van der Waals surface area contributed by atoms with Crippen molar-refractivity contribution >= 4 is 23.5 Å². The number of esters is 1. The van der Waals surface area contributed by atoms with E-state index in [0.717, 1.165) is 6.07 Å². The summed E-state index contributed by atoms with van der Waals surface area (Å²) in [6.07, 6.45) is 0. The van der Waals surface area contributed by atoms with Gasteiger partial charge in [-0.1, -0.05) is 11.6 Å². The molecule has 0 bridgehead atoms. The van der Waals surface area contributed by atoms with Crippen LogP contribution in [0.15, 0.2) is 18.2 Å². The Morgan fingerprint density at radius 2 is 2.05 bits per heavy atom. The zero-order chi connectivity index (χ0) is 14.6. The van der Waals surface area contributed by atoms with Gasteiger partial charge < -0.3 is 9.64 Å². The quantitative estimate of drug-likeness (QED) is 0.800. The summed E-state index contributed by atoms with van der Waals surface area (Å²) in [5.74, 6) is -1.51. The number of amides is 1. The van der Waals surface area contributed by atoms with Gasteiger partial charge in [-0.25, -0.2) is 4.39 Å². The molecule has 19 heavy (non-hydrogen) atoms. The van der Waals surface area contributed by atoms with Gasteiger partial charge in [0, 0.05) is 11.6 Å². The molecular formula is C13H15ClFNO3. The van der Waals surface area contributed by atoms with Gasteiger partial charge in [0.15, 0.2) is 0 Å². The van der Waals surface area contributed by atoms with E-state index in [4.69, 9.17) is 11.6 Å². The monoisotopic (exact) mass is 287 g/mol. The van der Waals surface area contributed by atoms with Crippen LogP contribution in [-0.4, -0.2) is 36.5 Å². The number of carbonyl (C=O) groups excluding carboxylic acids is 2. The predicted molar refractivity (Wildman–Crippen MR) is 69.6 cm³/mol. The molecule has 0 fully saturated rings. The summed E-state index contributed by atoms with van der Waals surface area (Å²) in [6.45, 7) is 3.37. The number of nitrogens with zero attached hydrogens (tertiary/aromatic N) is 1. The number of carbonyl (C=O) groups is 2. The van der Waals surface area contributed by atoms with Crippen molar-refractivity contribution in [3.8, 4) is 0 Å². The van der Waals surface area contributed by atoms with Crippen molar-refractivity contribution in [3.63, 3.8) is 0 Å². The Bertz CT molecular complexity index is 491. The van der Waals surface area contributed by atoms with Crippen LogP contribution in [0.25, 0.3) is 0 Å². The van der Waals surface area contributed by atoms with Gasteiger partial charge in [0.1, 0.15) is 12.4 Å². The molecule has 4 nitrogen and oxygen atoms in total. The van der Waals surface area contributed by atoms with Crippen LogP contribution in [-0.2, 0) is 9.53 Å². The Labute approximate surface area is 116 Å². The first-order chi connectivity index (χ1) is 8.86. The lowest BCUT2D eigenvalue weighted by atomic mass is 10.1. The van der Waals surface area contributed by atoms with Crippen LogP contribution >= 0.6 is 11.6 Å². The molecule has 0 aliphatic heterocycles. The molecule has 0 atom stereocenters. The van der Waals surface area contributed by atoms with E-state index in [0.29, 0.717) is 0 Å². The van der Waals surface area contributed by atoms with Crippen LogP contribution in [0.1, 0.15) is 24.2 Å². The fourth-order valence-electron chi connectivity index (χ4n) is 1.49. The topological polar surface area (TPSA) is 46.6 Å². The molecule has 1 aromatic rings. The minimum Gasteiger partial charge on any atom is -0.468 e. The maximum Gasteiger partial charge on any atom is 0.325 e. The standard InChI is InChI=1S/C13H15ClFNO3/c1-8(2)16(7-12(17)19-3)13(18)9-4-5-11(15)10(14)6-9/h4-6,8H,7H2,1-3H3. The van der Waals surface area contributed by atoms with Crippen molar-refractivity contribution < 1.29 is 18.7 Å². The Kier molecular flexibility index (Phi) is 5.30. The molecule has 0 spiro atoms. The summed E-state index contributed by atoms with van der Waals surface area (Å²) in [5.41, 5.74) is 0.226. The molecule has 0 radical (unpaired) electrons. The van der Waals surface area contributed by atoms with E-state index in [1.54, 1.807) is 13.8 Å². The zero-order valence-electron chi connectivity index (χ0n) is 10.9. The third-order valence-electron chi connectivity index (χ3n) is 2.58. The second kappa shape index (κ2) is 6.52. The van der Waals surface area contributed by atoms with Crippen molar-refractivity contribution in [1.82, 2.24) is 4.90 Å². The summed E-state index contributed by atoms with van der Waals surface area (Å²) in [7, 11) is 1.25. The molecule has 1 amide bonds. The van der Waals surface area contributed by atoms with E-state index < -0.39 is 17.7 Å². The van der Waals surface area contributed by atoms with Crippen LogP contribution < -0.4 is 0 Å². The molecule has 104 valence electrons. The minimum absolute atomic E-state index is 0.132. The summed E-state index contributed by atoms with van der Waals surface area (Å²) >= 11 is 5.64. The molecule has 0 saturated heterocycles. The maximum atomic E-state index is 13.1. The van der Waals surface area contributed by atoms with Crippen molar-refractivity contribution in [2.45, 2.75) is 19.9 Å². The molecule has 1 rings (SSSR count). The SMILES string of the molecule is COC(=O)CN(C(=O)c1ccc(F)c(Cl)c1)C(C)C. The molecule has 1 aromatic carbocycles. The Hall–Kier alpha value is -1.62. The van der Waals surface area contributed by atoms with E-state index >= 15 is 0 Å². The Balaban J connectivity index is 2.99. The summed E-state index contributed by atoms with van der Waals surface area (Å²) in [4.78, 5) is 24.8. The van der Waals surface area contributed by atoms with Crippen LogP contribution in [0, 0.1) is 5.82 Å². The first-order valence-corrected chi connectivity index (χ1v) is 6.07. The lowest BCUT2D eigenvalue weighted by Crippen LogP contribution is -2.41. The lowest BCUT2D eigenvalue weighted by molar-refractivity contribution is -0.141. The molecule has 0 unspecified atom stereocenters. The fraction of sp³-hybridized carbons (Fsp3) is 0.385. The van der Waals surface area contributed by atoms with Gasteiger partial charge in [-0.15, -0.1) is 0 Å². The van der Waals surface area contributed by atoms with Crippen molar-refractivity contribution in [2.24, 2.45) is 0 Å². The van der Waals surface area contributed by atoms with E-state index in [-0.39, 0.29) is 23.2 Å². The minimum atomic E-state index is -0.595.